The summed E-state index contributed by atoms with van der Waals surface area (Å²) in [5, 5.41) is 10.6. The van der Waals surface area contributed by atoms with E-state index >= 15 is 0 Å². The zero-order valence-corrected chi connectivity index (χ0v) is 8.81. The standard InChI is InChI=1S/C10H6N2S2/c11-7-8-1-3-9(4-2-8)14-10-12-5-6-13-10/h1-6H. The second-order valence-corrected chi connectivity index (χ2v) is 4.75. The van der Waals surface area contributed by atoms with E-state index < -0.39 is 0 Å². The molecule has 0 spiro atoms. The lowest BCUT2D eigenvalue weighted by atomic mass is 10.2. The minimum absolute atomic E-state index is 0.688. The topological polar surface area (TPSA) is 36.7 Å². The van der Waals surface area contributed by atoms with E-state index in [1.807, 2.05) is 29.6 Å². The smallest absolute Gasteiger partial charge is 0.154 e. The summed E-state index contributed by atoms with van der Waals surface area (Å²) in [6.45, 7) is 0. The van der Waals surface area contributed by atoms with Gasteiger partial charge in [0.15, 0.2) is 4.34 Å². The Morgan fingerprint density at radius 1 is 1.29 bits per heavy atom. The molecule has 0 aliphatic heterocycles. The van der Waals surface area contributed by atoms with Crippen molar-refractivity contribution in [2.75, 3.05) is 0 Å². The highest BCUT2D eigenvalue weighted by molar-refractivity contribution is 8.01. The van der Waals surface area contributed by atoms with E-state index in [1.165, 1.54) is 0 Å². The molecule has 0 unspecified atom stereocenters. The summed E-state index contributed by atoms with van der Waals surface area (Å²) in [4.78, 5) is 5.28. The van der Waals surface area contributed by atoms with Gasteiger partial charge < -0.3 is 0 Å². The first-order valence-electron chi connectivity index (χ1n) is 3.96. The van der Waals surface area contributed by atoms with Crippen molar-refractivity contribution in [3.05, 3.63) is 41.4 Å². The molecule has 2 aromatic rings. The summed E-state index contributed by atoms with van der Waals surface area (Å²) < 4.78 is 1.02. The summed E-state index contributed by atoms with van der Waals surface area (Å²) in [5.74, 6) is 0. The lowest BCUT2D eigenvalue weighted by Crippen LogP contribution is -1.74. The lowest BCUT2D eigenvalue weighted by molar-refractivity contribution is 1.25. The van der Waals surface area contributed by atoms with Crippen LogP contribution in [0.1, 0.15) is 5.56 Å². The first-order chi connectivity index (χ1) is 6.88. The fraction of sp³-hybridized carbons (Fsp3) is 0. The molecule has 2 nitrogen and oxygen atoms in total. The van der Waals surface area contributed by atoms with Crippen LogP contribution in [0.3, 0.4) is 0 Å². The predicted molar refractivity (Wildman–Crippen MR) is 57.4 cm³/mol. The second kappa shape index (κ2) is 4.27. The number of nitrogens with zero attached hydrogens (tertiary/aromatic N) is 2. The molecule has 0 aliphatic carbocycles. The van der Waals surface area contributed by atoms with Gasteiger partial charge in [-0.1, -0.05) is 11.8 Å². The highest BCUT2D eigenvalue weighted by atomic mass is 32.2. The highest BCUT2D eigenvalue weighted by Gasteiger charge is 1.99. The number of hydrogen-bond acceptors (Lipinski definition) is 4. The number of aromatic nitrogens is 1. The molecule has 1 aromatic heterocycles. The van der Waals surface area contributed by atoms with Crippen molar-refractivity contribution in [1.82, 2.24) is 4.98 Å². The first kappa shape index (κ1) is 9.25. The second-order valence-electron chi connectivity index (χ2n) is 2.54. The van der Waals surface area contributed by atoms with Gasteiger partial charge in [0, 0.05) is 16.5 Å². The quantitative estimate of drug-likeness (QED) is 0.776. The Bertz CT molecular complexity index is 440. The third-order valence-corrected chi connectivity index (χ3v) is 3.49. The molecular formula is C10H6N2S2. The van der Waals surface area contributed by atoms with E-state index in [2.05, 4.69) is 11.1 Å². The van der Waals surface area contributed by atoms with Gasteiger partial charge in [-0.25, -0.2) is 4.98 Å². The van der Waals surface area contributed by atoms with Crippen LogP contribution in [0.2, 0.25) is 0 Å². The zero-order valence-electron chi connectivity index (χ0n) is 7.18. The highest BCUT2D eigenvalue weighted by Crippen LogP contribution is 2.28. The molecule has 68 valence electrons. The summed E-state index contributed by atoms with van der Waals surface area (Å²) >= 11 is 3.23. The van der Waals surface area contributed by atoms with Gasteiger partial charge in [-0.2, -0.15) is 5.26 Å². The van der Waals surface area contributed by atoms with Crippen molar-refractivity contribution in [2.45, 2.75) is 9.24 Å². The molecule has 0 N–H and O–H groups in total. The van der Waals surface area contributed by atoms with E-state index in [9.17, 15) is 0 Å². The average Bonchev–Trinajstić information content (AvgIpc) is 2.72. The molecule has 1 aromatic carbocycles. The summed E-state index contributed by atoms with van der Waals surface area (Å²) in [6.07, 6.45) is 1.79. The largest absolute Gasteiger partial charge is 0.238 e. The SMILES string of the molecule is N#Cc1ccc(Sc2nccs2)cc1. The maximum Gasteiger partial charge on any atom is 0.154 e. The summed E-state index contributed by atoms with van der Waals surface area (Å²) in [7, 11) is 0. The Kier molecular flexibility index (Phi) is 2.82. The van der Waals surface area contributed by atoms with Gasteiger partial charge in [0.1, 0.15) is 0 Å². The Labute approximate surface area is 90.2 Å². The van der Waals surface area contributed by atoms with E-state index in [0.717, 1.165) is 9.24 Å². The molecule has 14 heavy (non-hydrogen) atoms. The summed E-state index contributed by atoms with van der Waals surface area (Å²) in [5.41, 5.74) is 0.688. The fourth-order valence-corrected chi connectivity index (χ4v) is 2.55. The molecule has 2 rings (SSSR count). The average molecular weight is 218 g/mol. The molecule has 0 fully saturated rings. The normalized spacial score (nSPS) is 9.64. The number of rotatable bonds is 2. The molecule has 0 saturated heterocycles. The number of thiazole rings is 1. The van der Waals surface area contributed by atoms with Crippen LogP contribution >= 0.6 is 23.1 Å². The Balaban J connectivity index is 2.15. The van der Waals surface area contributed by atoms with Crippen LogP contribution in [0.5, 0.6) is 0 Å². The van der Waals surface area contributed by atoms with Crippen LogP contribution in [-0.2, 0) is 0 Å². The Morgan fingerprint density at radius 2 is 2.07 bits per heavy atom. The van der Waals surface area contributed by atoms with Crippen LogP contribution in [-0.4, -0.2) is 4.98 Å². The molecule has 4 heteroatoms. The van der Waals surface area contributed by atoms with E-state index in [4.69, 9.17) is 5.26 Å². The molecule has 0 bridgehead atoms. The first-order valence-corrected chi connectivity index (χ1v) is 5.65. The van der Waals surface area contributed by atoms with Crippen LogP contribution in [0.15, 0.2) is 45.1 Å². The monoisotopic (exact) mass is 218 g/mol. The fourth-order valence-electron chi connectivity index (χ4n) is 0.959. The molecule has 0 aliphatic rings. The van der Waals surface area contributed by atoms with E-state index in [-0.39, 0.29) is 0 Å². The van der Waals surface area contributed by atoms with Gasteiger partial charge in [-0.15, -0.1) is 11.3 Å². The van der Waals surface area contributed by atoms with Crippen molar-refractivity contribution in [3.63, 3.8) is 0 Å². The van der Waals surface area contributed by atoms with Crippen molar-refractivity contribution in [3.8, 4) is 6.07 Å². The van der Waals surface area contributed by atoms with Gasteiger partial charge in [0.2, 0.25) is 0 Å². The molecule has 0 amide bonds. The van der Waals surface area contributed by atoms with Crippen molar-refractivity contribution in [1.29, 1.82) is 5.26 Å². The molecule has 0 saturated carbocycles. The number of hydrogen-bond donors (Lipinski definition) is 0. The van der Waals surface area contributed by atoms with E-state index in [1.54, 1.807) is 29.3 Å². The van der Waals surface area contributed by atoms with Crippen LogP contribution in [0.25, 0.3) is 0 Å². The summed E-state index contributed by atoms with van der Waals surface area (Å²) in [6, 6.07) is 9.59. The van der Waals surface area contributed by atoms with Gasteiger partial charge in [0.25, 0.3) is 0 Å². The third kappa shape index (κ3) is 2.13. The zero-order chi connectivity index (χ0) is 9.80. The Morgan fingerprint density at radius 3 is 2.64 bits per heavy atom. The lowest BCUT2D eigenvalue weighted by Gasteiger charge is -1.96. The molecule has 0 atom stereocenters. The van der Waals surface area contributed by atoms with Crippen molar-refractivity contribution in [2.24, 2.45) is 0 Å². The Hall–Kier alpha value is -1.31. The van der Waals surface area contributed by atoms with Gasteiger partial charge in [-0.05, 0) is 24.3 Å². The van der Waals surface area contributed by atoms with Gasteiger partial charge in [0.05, 0.1) is 11.6 Å². The predicted octanol–water partition coefficient (Wildman–Crippen LogP) is 3.17. The third-order valence-electron chi connectivity index (χ3n) is 1.60. The molecule has 1 heterocycles. The van der Waals surface area contributed by atoms with Crippen LogP contribution < -0.4 is 0 Å². The number of benzene rings is 1. The van der Waals surface area contributed by atoms with Crippen LogP contribution in [0, 0.1) is 11.3 Å². The van der Waals surface area contributed by atoms with Gasteiger partial charge >= 0.3 is 0 Å². The van der Waals surface area contributed by atoms with E-state index in [0.29, 0.717) is 5.56 Å². The van der Waals surface area contributed by atoms with Crippen molar-refractivity contribution < 1.29 is 0 Å². The van der Waals surface area contributed by atoms with Crippen LogP contribution in [0.4, 0.5) is 0 Å². The minimum Gasteiger partial charge on any atom is -0.238 e. The maximum absolute atomic E-state index is 8.62. The molecule has 0 radical (unpaired) electrons. The van der Waals surface area contributed by atoms with Gasteiger partial charge in [-0.3, -0.25) is 0 Å². The molecular weight excluding hydrogens is 212 g/mol. The van der Waals surface area contributed by atoms with Crippen molar-refractivity contribution >= 4 is 23.1 Å². The number of nitriles is 1. The maximum atomic E-state index is 8.62. The minimum atomic E-state index is 0.688.